The van der Waals surface area contributed by atoms with Crippen LogP contribution in [0.4, 0.5) is 4.79 Å². The molecule has 40 heavy (non-hydrogen) atoms. The Bertz CT molecular complexity index is 1120. The normalized spacial score (nSPS) is 23.7. The van der Waals surface area contributed by atoms with E-state index in [2.05, 4.69) is 5.32 Å². The Morgan fingerprint density at radius 1 is 1.05 bits per heavy atom. The summed E-state index contributed by atoms with van der Waals surface area (Å²) in [5, 5.41) is 22.7. The number of aliphatic hydroxyl groups is 2. The van der Waals surface area contributed by atoms with Gasteiger partial charge in [-0.2, -0.15) is 0 Å². The highest BCUT2D eigenvalue weighted by atomic mass is 16.6. The van der Waals surface area contributed by atoms with Crippen molar-refractivity contribution in [2.75, 3.05) is 13.1 Å². The zero-order valence-corrected chi connectivity index (χ0v) is 23.0. The predicted octanol–water partition coefficient (Wildman–Crippen LogP) is -0.915. The van der Waals surface area contributed by atoms with Crippen LogP contribution in [0.3, 0.4) is 0 Å². The van der Waals surface area contributed by atoms with Gasteiger partial charge in [0, 0.05) is 19.5 Å². The number of benzene rings is 1. The molecule has 0 spiro atoms. The average molecular weight is 562 g/mol. The highest BCUT2D eigenvalue weighted by Crippen LogP contribution is 2.36. The molecule has 0 aromatic heterocycles. The Hall–Kier alpha value is -3.71. The van der Waals surface area contributed by atoms with E-state index in [1.54, 1.807) is 0 Å². The maximum absolute atomic E-state index is 14.1. The number of hydrogen-bond acceptors (Lipinski definition) is 8. The van der Waals surface area contributed by atoms with Gasteiger partial charge in [0.05, 0.1) is 12.2 Å². The molecule has 2 heterocycles. The Morgan fingerprint density at radius 2 is 1.70 bits per heavy atom. The van der Waals surface area contributed by atoms with Gasteiger partial charge >= 0.3 is 6.09 Å². The van der Waals surface area contributed by atoms with Crippen molar-refractivity contribution in [3.8, 4) is 0 Å². The van der Waals surface area contributed by atoms with Gasteiger partial charge in [-0.1, -0.05) is 29.8 Å². The summed E-state index contributed by atoms with van der Waals surface area (Å²) in [5.41, 5.74) is 10.9. The van der Waals surface area contributed by atoms with E-state index < -0.39 is 65.7 Å². The fourth-order valence-corrected chi connectivity index (χ4v) is 5.56. The molecule has 3 rings (SSSR count). The Morgan fingerprint density at radius 3 is 2.25 bits per heavy atom. The highest BCUT2D eigenvalue weighted by Gasteiger charge is 2.53. The first kappa shape index (κ1) is 30.8. The van der Waals surface area contributed by atoms with E-state index in [0.29, 0.717) is 19.3 Å². The molecule has 0 aliphatic carbocycles. The van der Waals surface area contributed by atoms with Crippen LogP contribution in [0, 0.1) is 6.92 Å². The van der Waals surface area contributed by atoms with E-state index in [1.807, 2.05) is 31.2 Å². The SMILES string of the molecule is Cc1ccc(C[C@]2(C(=O)N[C@H](C(N)=O)[C@@H](C)O)CCCN2C(=O)[C@@H]2CCCN2C(=O)[C@@H](OC(N)=O)[C@@H](C)O)cc1. The fourth-order valence-electron chi connectivity index (χ4n) is 5.56. The minimum atomic E-state index is -1.59. The summed E-state index contributed by atoms with van der Waals surface area (Å²) in [7, 11) is 0. The number of rotatable bonds is 10. The maximum atomic E-state index is 14.1. The highest BCUT2D eigenvalue weighted by molar-refractivity contribution is 5.98. The van der Waals surface area contributed by atoms with Gasteiger partial charge in [0.2, 0.25) is 23.8 Å². The number of ether oxygens (including phenoxy) is 1. The van der Waals surface area contributed by atoms with Crippen LogP contribution in [-0.4, -0.2) is 98.8 Å². The van der Waals surface area contributed by atoms with Gasteiger partial charge < -0.3 is 41.5 Å². The van der Waals surface area contributed by atoms with E-state index in [9.17, 15) is 34.2 Å². The summed E-state index contributed by atoms with van der Waals surface area (Å²) >= 11 is 0. The van der Waals surface area contributed by atoms with Crippen molar-refractivity contribution in [2.45, 2.75) is 88.8 Å². The summed E-state index contributed by atoms with van der Waals surface area (Å²) in [6.07, 6.45) is -3.84. The lowest BCUT2D eigenvalue weighted by atomic mass is 9.85. The number of nitrogens with one attached hydrogen (secondary N) is 1. The van der Waals surface area contributed by atoms with Gasteiger partial charge in [0.25, 0.3) is 5.91 Å². The molecular weight excluding hydrogens is 522 g/mol. The number of primary amides is 2. The molecule has 1 aromatic carbocycles. The molecule has 5 amide bonds. The second-order valence-electron chi connectivity index (χ2n) is 10.7. The number of nitrogens with zero attached hydrogens (tertiary/aromatic N) is 2. The number of aliphatic hydroxyl groups excluding tert-OH is 2. The number of amides is 5. The average Bonchev–Trinajstić information content (AvgIpc) is 3.54. The van der Waals surface area contributed by atoms with Crippen LogP contribution < -0.4 is 16.8 Å². The largest absolute Gasteiger partial charge is 0.433 e. The van der Waals surface area contributed by atoms with Crippen LogP contribution in [0.5, 0.6) is 0 Å². The number of likely N-dealkylation sites (tertiary alicyclic amines) is 2. The van der Waals surface area contributed by atoms with E-state index in [1.165, 1.54) is 23.6 Å². The third-order valence-electron chi connectivity index (χ3n) is 7.62. The first-order chi connectivity index (χ1) is 18.8. The van der Waals surface area contributed by atoms with Crippen molar-refractivity contribution in [2.24, 2.45) is 11.5 Å². The predicted molar refractivity (Wildman–Crippen MR) is 142 cm³/mol. The number of hydrogen-bond donors (Lipinski definition) is 5. The molecule has 0 radical (unpaired) electrons. The summed E-state index contributed by atoms with van der Waals surface area (Å²) in [6, 6.07) is 5.13. The molecule has 1 aromatic rings. The van der Waals surface area contributed by atoms with Gasteiger partial charge in [-0.15, -0.1) is 0 Å². The lowest BCUT2D eigenvalue weighted by Crippen LogP contribution is -2.65. The lowest BCUT2D eigenvalue weighted by molar-refractivity contribution is -0.156. The molecule has 0 saturated carbocycles. The van der Waals surface area contributed by atoms with Crippen molar-refractivity contribution >= 4 is 29.7 Å². The molecule has 13 nitrogen and oxygen atoms in total. The summed E-state index contributed by atoms with van der Waals surface area (Å²) in [5.74, 6) is -2.81. The maximum Gasteiger partial charge on any atom is 0.405 e. The molecule has 6 atom stereocenters. The topological polar surface area (TPSA) is 206 Å². The quantitative estimate of drug-likeness (QED) is 0.241. The van der Waals surface area contributed by atoms with Crippen LogP contribution in [0.25, 0.3) is 0 Å². The summed E-state index contributed by atoms with van der Waals surface area (Å²) in [6.45, 7) is 4.91. The number of carbonyl (C=O) groups is 5. The van der Waals surface area contributed by atoms with Gasteiger partial charge in [0.15, 0.2) is 0 Å². The van der Waals surface area contributed by atoms with Crippen LogP contribution >= 0.6 is 0 Å². The van der Waals surface area contributed by atoms with Crippen molar-refractivity contribution < 1.29 is 38.9 Å². The van der Waals surface area contributed by atoms with Gasteiger partial charge in [-0.3, -0.25) is 19.2 Å². The second kappa shape index (κ2) is 12.6. The molecule has 7 N–H and O–H groups in total. The monoisotopic (exact) mass is 561 g/mol. The van der Waals surface area contributed by atoms with Crippen molar-refractivity contribution in [1.82, 2.24) is 15.1 Å². The molecule has 2 aliphatic rings. The number of aryl methyl sites for hydroxylation is 1. The lowest BCUT2D eigenvalue weighted by Gasteiger charge is -2.41. The number of carbonyl (C=O) groups excluding carboxylic acids is 5. The fraction of sp³-hybridized carbons (Fsp3) is 0.593. The molecular formula is C27H39N5O8. The summed E-state index contributed by atoms with van der Waals surface area (Å²) in [4.78, 5) is 67.3. The molecule has 13 heteroatoms. The third kappa shape index (κ3) is 6.53. The number of nitrogens with two attached hydrogens (primary N) is 2. The molecule has 0 unspecified atom stereocenters. The van der Waals surface area contributed by atoms with E-state index in [4.69, 9.17) is 16.2 Å². The van der Waals surface area contributed by atoms with Crippen LogP contribution in [0.15, 0.2) is 24.3 Å². The van der Waals surface area contributed by atoms with E-state index >= 15 is 0 Å². The standard InChI is InChI=1S/C27H39N5O8/c1-15-7-9-18(10-8-15)14-27(25(38)30-20(16(2)33)22(28)35)11-5-13-32(27)23(36)19-6-4-12-31(19)24(37)21(17(3)34)40-26(29)39/h7-10,16-17,19-21,33-34H,4-6,11-14H2,1-3H3,(H2,28,35)(H2,29,39)(H,30,38)/t16-,17-,19+,20+,21+,27+/m1/s1. The first-order valence-electron chi connectivity index (χ1n) is 13.4. The van der Waals surface area contributed by atoms with E-state index in [0.717, 1.165) is 11.1 Å². The second-order valence-corrected chi connectivity index (χ2v) is 10.7. The smallest absolute Gasteiger partial charge is 0.405 e. The van der Waals surface area contributed by atoms with Crippen LogP contribution in [0.1, 0.15) is 50.7 Å². The molecule has 220 valence electrons. The minimum Gasteiger partial charge on any atom is -0.433 e. The zero-order valence-electron chi connectivity index (χ0n) is 23.0. The van der Waals surface area contributed by atoms with Crippen LogP contribution in [-0.2, 0) is 30.3 Å². The van der Waals surface area contributed by atoms with Gasteiger partial charge in [0.1, 0.15) is 17.6 Å². The zero-order chi connectivity index (χ0) is 29.8. The minimum absolute atomic E-state index is 0.123. The molecule has 2 aliphatic heterocycles. The van der Waals surface area contributed by atoms with Crippen molar-refractivity contribution in [1.29, 1.82) is 0 Å². The van der Waals surface area contributed by atoms with E-state index in [-0.39, 0.29) is 25.9 Å². The van der Waals surface area contributed by atoms with Gasteiger partial charge in [-0.05, 0) is 52.0 Å². The molecule has 2 fully saturated rings. The van der Waals surface area contributed by atoms with Crippen molar-refractivity contribution in [3.05, 3.63) is 35.4 Å². The van der Waals surface area contributed by atoms with Gasteiger partial charge in [-0.25, -0.2) is 4.79 Å². The Balaban J connectivity index is 1.98. The van der Waals surface area contributed by atoms with Crippen molar-refractivity contribution in [3.63, 3.8) is 0 Å². The Kier molecular flexibility index (Phi) is 9.74. The summed E-state index contributed by atoms with van der Waals surface area (Å²) < 4.78 is 4.84. The third-order valence-corrected chi connectivity index (χ3v) is 7.62. The van der Waals surface area contributed by atoms with Crippen LogP contribution in [0.2, 0.25) is 0 Å². The molecule has 2 saturated heterocycles. The first-order valence-corrected chi connectivity index (χ1v) is 13.4. The Labute approximate surface area is 232 Å². The molecule has 0 bridgehead atoms.